The number of hydrogen-bond donors (Lipinski definition) is 0. The van der Waals surface area contributed by atoms with E-state index in [0.29, 0.717) is 16.9 Å². The number of rotatable bonds is 5. The summed E-state index contributed by atoms with van der Waals surface area (Å²) >= 11 is 5.72. The topological polar surface area (TPSA) is 43.4 Å². The van der Waals surface area contributed by atoms with Crippen LogP contribution in [0.4, 0.5) is 4.39 Å². The number of ketones is 1. The molecular weight excluding hydrogens is 283 g/mol. The van der Waals surface area contributed by atoms with Gasteiger partial charge in [0.15, 0.2) is 12.4 Å². The van der Waals surface area contributed by atoms with Crippen LogP contribution in [0, 0.1) is 5.82 Å². The van der Waals surface area contributed by atoms with Gasteiger partial charge in [-0.2, -0.15) is 0 Å². The van der Waals surface area contributed by atoms with Crippen molar-refractivity contribution in [3.05, 3.63) is 64.4 Å². The van der Waals surface area contributed by atoms with Crippen molar-refractivity contribution in [1.29, 1.82) is 0 Å². The molecule has 0 fully saturated rings. The van der Waals surface area contributed by atoms with Crippen LogP contribution in [0.5, 0.6) is 5.75 Å². The van der Waals surface area contributed by atoms with Crippen molar-refractivity contribution in [2.75, 3.05) is 6.61 Å². The Kier molecular flexibility index (Phi) is 4.48. The molecule has 0 atom stereocenters. The van der Waals surface area contributed by atoms with Crippen LogP contribution in [0.2, 0.25) is 5.02 Å². The quantitative estimate of drug-likeness (QED) is 0.625. The van der Waals surface area contributed by atoms with Crippen LogP contribution in [0.3, 0.4) is 0 Å². The van der Waals surface area contributed by atoms with Crippen LogP contribution in [-0.4, -0.2) is 18.7 Å². The van der Waals surface area contributed by atoms with Gasteiger partial charge in [0.05, 0.1) is 0 Å². The van der Waals surface area contributed by atoms with Gasteiger partial charge in [-0.1, -0.05) is 11.6 Å². The zero-order chi connectivity index (χ0) is 14.5. The first-order valence-electron chi connectivity index (χ1n) is 5.76. The summed E-state index contributed by atoms with van der Waals surface area (Å²) in [5.74, 6) is -0.725. The van der Waals surface area contributed by atoms with Crippen molar-refractivity contribution < 1.29 is 18.7 Å². The highest BCUT2D eigenvalue weighted by Crippen LogP contribution is 2.16. The summed E-state index contributed by atoms with van der Waals surface area (Å²) in [5.41, 5.74) is 0.598. The molecule has 0 spiro atoms. The predicted molar refractivity (Wildman–Crippen MR) is 73.1 cm³/mol. The molecule has 0 aliphatic heterocycles. The second-order valence-electron chi connectivity index (χ2n) is 4.06. The molecule has 2 aromatic carbocycles. The molecule has 0 saturated heterocycles. The molecule has 0 saturated carbocycles. The van der Waals surface area contributed by atoms with E-state index in [1.165, 1.54) is 6.07 Å². The molecule has 0 N–H and O–H groups in total. The molecule has 5 heteroatoms. The molecule has 2 rings (SSSR count). The van der Waals surface area contributed by atoms with Gasteiger partial charge in [0.2, 0.25) is 0 Å². The smallest absolute Gasteiger partial charge is 0.200 e. The fourth-order valence-electron chi connectivity index (χ4n) is 1.60. The van der Waals surface area contributed by atoms with Gasteiger partial charge in [0, 0.05) is 22.2 Å². The Morgan fingerprint density at radius 3 is 2.55 bits per heavy atom. The van der Waals surface area contributed by atoms with Crippen LogP contribution < -0.4 is 4.74 Å². The van der Waals surface area contributed by atoms with Crippen LogP contribution >= 0.6 is 11.6 Å². The molecule has 0 amide bonds. The van der Waals surface area contributed by atoms with Gasteiger partial charge in [-0.15, -0.1) is 0 Å². The lowest BCUT2D eigenvalue weighted by Crippen LogP contribution is -2.11. The highest BCUT2D eigenvalue weighted by Gasteiger charge is 2.08. The zero-order valence-electron chi connectivity index (χ0n) is 10.3. The van der Waals surface area contributed by atoms with E-state index >= 15 is 0 Å². The molecule has 0 aliphatic carbocycles. The van der Waals surface area contributed by atoms with Gasteiger partial charge in [0.1, 0.15) is 17.9 Å². The second-order valence-corrected chi connectivity index (χ2v) is 4.49. The van der Waals surface area contributed by atoms with E-state index in [1.54, 1.807) is 24.3 Å². The van der Waals surface area contributed by atoms with E-state index in [-0.39, 0.29) is 23.7 Å². The highest BCUT2D eigenvalue weighted by molar-refractivity contribution is 6.30. The van der Waals surface area contributed by atoms with Crippen molar-refractivity contribution in [1.82, 2.24) is 0 Å². The summed E-state index contributed by atoms with van der Waals surface area (Å²) in [7, 11) is 0. The summed E-state index contributed by atoms with van der Waals surface area (Å²) in [6.07, 6.45) is 0.511. The number of hydrogen-bond acceptors (Lipinski definition) is 3. The van der Waals surface area contributed by atoms with E-state index in [9.17, 15) is 14.0 Å². The number of halogens is 2. The summed E-state index contributed by atoms with van der Waals surface area (Å²) in [6, 6.07) is 9.92. The van der Waals surface area contributed by atoms with E-state index in [0.717, 1.165) is 12.1 Å². The first-order valence-corrected chi connectivity index (χ1v) is 6.13. The van der Waals surface area contributed by atoms with E-state index in [2.05, 4.69) is 0 Å². The van der Waals surface area contributed by atoms with Crippen molar-refractivity contribution in [2.45, 2.75) is 0 Å². The highest BCUT2D eigenvalue weighted by atomic mass is 35.5. The number of ether oxygens (including phenoxy) is 1. The maximum Gasteiger partial charge on any atom is 0.200 e. The predicted octanol–water partition coefficient (Wildman–Crippen LogP) is 3.55. The van der Waals surface area contributed by atoms with E-state index in [1.807, 2.05) is 0 Å². The van der Waals surface area contributed by atoms with Crippen molar-refractivity contribution >= 4 is 23.7 Å². The Hall–Kier alpha value is -2.20. The summed E-state index contributed by atoms with van der Waals surface area (Å²) in [4.78, 5) is 22.4. The third-order valence-corrected chi connectivity index (χ3v) is 2.82. The molecule has 0 radical (unpaired) electrons. The van der Waals surface area contributed by atoms with Crippen molar-refractivity contribution in [3.8, 4) is 5.75 Å². The van der Waals surface area contributed by atoms with Gasteiger partial charge in [-0.3, -0.25) is 9.59 Å². The lowest BCUT2D eigenvalue weighted by molar-refractivity contribution is 0.0921. The van der Waals surface area contributed by atoms with Gasteiger partial charge in [-0.25, -0.2) is 4.39 Å². The van der Waals surface area contributed by atoms with Crippen molar-refractivity contribution in [2.24, 2.45) is 0 Å². The van der Waals surface area contributed by atoms with E-state index < -0.39 is 5.82 Å². The SMILES string of the molecule is O=Cc1cc(F)cc(OCC(=O)c2ccc(Cl)cc2)c1. The van der Waals surface area contributed by atoms with Gasteiger partial charge < -0.3 is 4.74 Å². The van der Waals surface area contributed by atoms with Crippen molar-refractivity contribution in [3.63, 3.8) is 0 Å². The minimum atomic E-state index is -0.594. The molecule has 0 heterocycles. The van der Waals surface area contributed by atoms with Crippen LogP contribution in [0.1, 0.15) is 20.7 Å². The summed E-state index contributed by atoms with van der Waals surface area (Å²) in [6.45, 7) is -0.247. The average molecular weight is 293 g/mol. The molecule has 0 aliphatic rings. The number of Topliss-reactive ketones (excluding diaryl/α,β-unsaturated/α-hetero) is 1. The number of carbonyl (C=O) groups excluding carboxylic acids is 2. The molecule has 0 bridgehead atoms. The van der Waals surface area contributed by atoms with E-state index in [4.69, 9.17) is 16.3 Å². The lowest BCUT2D eigenvalue weighted by atomic mass is 10.1. The Morgan fingerprint density at radius 1 is 1.20 bits per heavy atom. The Morgan fingerprint density at radius 2 is 1.90 bits per heavy atom. The van der Waals surface area contributed by atoms with Crippen LogP contribution in [0.15, 0.2) is 42.5 Å². The minimum absolute atomic E-state index is 0.134. The van der Waals surface area contributed by atoms with Gasteiger partial charge in [-0.05, 0) is 36.4 Å². The number of aldehydes is 1. The molecule has 20 heavy (non-hydrogen) atoms. The first-order chi connectivity index (χ1) is 9.58. The fourth-order valence-corrected chi connectivity index (χ4v) is 1.73. The molecular formula is C15H10ClFO3. The normalized spacial score (nSPS) is 10.1. The minimum Gasteiger partial charge on any atom is -0.485 e. The third kappa shape index (κ3) is 3.65. The summed E-state index contributed by atoms with van der Waals surface area (Å²) in [5, 5.41) is 0.531. The maximum absolute atomic E-state index is 13.2. The maximum atomic E-state index is 13.2. The molecule has 2 aromatic rings. The largest absolute Gasteiger partial charge is 0.485 e. The number of benzene rings is 2. The molecule has 3 nitrogen and oxygen atoms in total. The molecule has 102 valence electrons. The monoisotopic (exact) mass is 292 g/mol. The summed E-state index contributed by atoms with van der Waals surface area (Å²) < 4.78 is 18.4. The Balaban J connectivity index is 2.05. The second kappa shape index (κ2) is 6.30. The van der Waals surface area contributed by atoms with Gasteiger partial charge >= 0.3 is 0 Å². The Labute approximate surface area is 119 Å². The molecule has 0 aromatic heterocycles. The fraction of sp³-hybridized carbons (Fsp3) is 0.0667. The average Bonchev–Trinajstić information content (AvgIpc) is 2.45. The van der Waals surface area contributed by atoms with Crippen LogP contribution in [-0.2, 0) is 0 Å². The Bertz CT molecular complexity index is 638. The standard InChI is InChI=1S/C15H10ClFO3/c16-12-3-1-11(2-4-12)15(19)9-20-14-6-10(8-18)5-13(17)7-14/h1-8H,9H2. The lowest BCUT2D eigenvalue weighted by Gasteiger charge is -2.06. The van der Waals surface area contributed by atoms with Crippen LogP contribution in [0.25, 0.3) is 0 Å². The van der Waals surface area contributed by atoms with Gasteiger partial charge in [0.25, 0.3) is 0 Å². The zero-order valence-corrected chi connectivity index (χ0v) is 11.1. The molecule has 0 unspecified atom stereocenters. The number of carbonyl (C=O) groups is 2. The third-order valence-electron chi connectivity index (χ3n) is 2.57. The first kappa shape index (κ1) is 14.2.